The number of pyridine rings is 1. The van der Waals surface area contributed by atoms with Gasteiger partial charge in [0.25, 0.3) is 0 Å². The van der Waals surface area contributed by atoms with Crippen molar-refractivity contribution in [1.29, 1.82) is 0 Å². The predicted octanol–water partition coefficient (Wildman–Crippen LogP) is 4.30. The lowest BCUT2D eigenvalue weighted by molar-refractivity contribution is 0.768. The van der Waals surface area contributed by atoms with Crippen molar-refractivity contribution in [2.45, 2.75) is 0 Å². The first-order chi connectivity index (χ1) is 10.8. The average molecular weight is 285 g/mol. The molecule has 0 aliphatic heterocycles. The highest BCUT2D eigenvalue weighted by molar-refractivity contribution is 5.97. The van der Waals surface area contributed by atoms with Crippen LogP contribution in [0.15, 0.2) is 73.2 Å². The molecular weight excluding hydrogens is 270 g/mol. The molecule has 0 unspecified atom stereocenters. The summed E-state index contributed by atoms with van der Waals surface area (Å²) < 4.78 is 1.79. The van der Waals surface area contributed by atoms with Crippen LogP contribution in [0.3, 0.4) is 0 Å². The lowest BCUT2D eigenvalue weighted by atomic mass is 9.99. The molecule has 4 aromatic rings. The summed E-state index contributed by atoms with van der Waals surface area (Å²) in [6, 6.07) is 18.9. The first-order valence-corrected chi connectivity index (χ1v) is 7.24. The zero-order chi connectivity index (χ0) is 14.9. The smallest absolute Gasteiger partial charge is 0.0739 e. The van der Waals surface area contributed by atoms with Crippen LogP contribution in [0.25, 0.3) is 33.2 Å². The summed E-state index contributed by atoms with van der Waals surface area (Å²) in [6.45, 7) is 0. The number of hydrogen-bond acceptors (Lipinski definition) is 2. The second kappa shape index (κ2) is 5.11. The van der Waals surface area contributed by atoms with Crippen LogP contribution in [0.5, 0.6) is 0 Å². The third-order valence-corrected chi connectivity index (χ3v) is 3.85. The molecule has 3 heteroatoms. The van der Waals surface area contributed by atoms with E-state index in [0.29, 0.717) is 0 Å². The van der Waals surface area contributed by atoms with Gasteiger partial charge in [0.2, 0.25) is 0 Å². The second-order valence-corrected chi connectivity index (χ2v) is 5.36. The van der Waals surface area contributed by atoms with Gasteiger partial charge in [-0.3, -0.25) is 9.67 Å². The maximum atomic E-state index is 4.62. The quantitative estimate of drug-likeness (QED) is 0.549. The van der Waals surface area contributed by atoms with Gasteiger partial charge >= 0.3 is 0 Å². The van der Waals surface area contributed by atoms with Gasteiger partial charge in [-0.15, -0.1) is 0 Å². The molecule has 0 N–H and O–H groups in total. The molecule has 22 heavy (non-hydrogen) atoms. The minimum absolute atomic E-state index is 0.950. The Bertz CT molecular complexity index is 939. The number of hydrogen-bond donors (Lipinski definition) is 0. The first-order valence-electron chi connectivity index (χ1n) is 7.24. The van der Waals surface area contributed by atoms with Crippen molar-refractivity contribution in [2.75, 3.05) is 0 Å². The molecule has 0 aliphatic carbocycles. The van der Waals surface area contributed by atoms with Gasteiger partial charge in [0.05, 0.1) is 11.9 Å². The minimum Gasteiger partial charge on any atom is -0.275 e. The van der Waals surface area contributed by atoms with Crippen LogP contribution in [0, 0.1) is 0 Å². The second-order valence-electron chi connectivity index (χ2n) is 5.36. The number of fused-ring (bicyclic) bond motifs is 1. The van der Waals surface area contributed by atoms with Gasteiger partial charge in [-0.25, -0.2) is 0 Å². The van der Waals surface area contributed by atoms with Gasteiger partial charge in [0.1, 0.15) is 0 Å². The highest BCUT2D eigenvalue weighted by atomic mass is 15.2. The number of aryl methyl sites for hydroxylation is 1. The standard InChI is InChI=1S/C19H15N3/c1-22-13-16(11-21-22)19-10-15-8-5-9-17(18(15)12-20-19)14-6-3-2-4-7-14/h2-13H,1H3. The van der Waals surface area contributed by atoms with E-state index >= 15 is 0 Å². The van der Waals surface area contributed by atoms with Crippen LogP contribution in [0.2, 0.25) is 0 Å². The molecule has 2 aromatic heterocycles. The van der Waals surface area contributed by atoms with E-state index in [2.05, 4.69) is 58.6 Å². The molecule has 4 rings (SSSR count). The lowest BCUT2D eigenvalue weighted by Gasteiger charge is -2.07. The Morgan fingerprint density at radius 2 is 1.73 bits per heavy atom. The third-order valence-electron chi connectivity index (χ3n) is 3.85. The maximum Gasteiger partial charge on any atom is 0.0739 e. The van der Waals surface area contributed by atoms with Gasteiger partial charge in [-0.1, -0.05) is 48.5 Å². The molecule has 0 spiro atoms. The molecule has 2 heterocycles. The Balaban J connectivity index is 1.89. The van der Waals surface area contributed by atoms with Crippen LogP contribution >= 0.6 is 0 Å². The lowest BCUT2D eigenvalue weighted by Crippen LogP contribution is -1.86. The van der Waals surface area contributed by atoms with Crippen LogP contribution in [0.4, 0.5) is 0 Å². The summed E-state index contributed by atoms with van der Waals surface area (Å²) in [7, 11) is 1.91. The van der Waals surface area contributed by atoms with Crippen molar-refractivity contribution in [3.8, 4) is 22.4 Å². The van der Waals surface area contributed by atoms with E-state index in [4.69, 9.17) is 0 Å². The highest BCUT2D eigenvalue weighted by Gasteiger charge is 2.07. The number of benzene rings is 2. The summed E-state index contributed by atoms with van der Waals surface area (Å²) >= 11 is 0. The van der Waals surface area contributed by atoms with E-state index in [1.807, 2.05) is 31.7 Å². The van der Waals surface area contributed by atoms with Gasteiger partial charge in [0.15, 0.2) is 0 Å². The largest absolute Gasteiger partial charge is 0.275 e. The molecule has 3 nitrogen and oxygen atoms in total. The first kappa shape index (κ1) is 12.8. The molecule has 0 radical (unpaired) electrons. The Hall–Kier alpha value is -2.94. The Kier molecular flexibility index (Phi) is 2.97. The van der Waals surface area contributed by atoms with Crippen LogP contribution in [-0.4, -0.2) is 14.8 Å². The molecule has 2 aromatic carbocycles. The topological polar surface area (TPSA) is 30.7 Å². The fourth-order valence-electron chi connectivity index (χ4n) is 2.75. The summed E-state index contributed by atoms with van der Waals surface area (Å²) in [6.07, 6.45) is 5.78. The normalized spacial score (nSPS) is 11.0. The van der Waals surface area contributed by atoms with Crippen molar-refractivity contribution in [2.24, 2.45) is 7.05 Å². The molecule has 0 atom stereocenters. The van der Waals surface area contributed by atoms with Crippen LogP contribution in [0.1, 0.15) is 0 Å². The fourth-order valence-corrected chi connectivity index (χ4v) is 2.75. The van der Waals surface area contributed by atoms with Crippen molar-refractivity contribution in [1.82, 2.24) is 14.8 Å². The maximum absolute atomic E-state index is 4.62. The molecular formula is C19H15N3. The number of nitrogens with zero attached hydrogens (tertiary/aromatic N) is 3. The SMILES string of the molecule is Cn1cc(-c2cc3cccc(-c4ccccc4)c3cn2)cn1. The predicted molar refractivity (Wildman–Crippen MR) is 89.4 cm³/mol. The minimum atomic E-state index is 0.950. The molecule has 0 aliphatic rings. The summed E-state index contributed by atoms with van der Waals surface area (Å²) in [5.74, 6) is 0. The average Bonchev–Trinajstić information content (AvgIpc) is 3.01. The molecule has 0 amide bonds. The van der Waals surface area contributed by atoms with Gasteiger partial charge < -0.3 is 0 Å². The summed E-state index contributed by atoms with van der Waals surface area (Å²) in [5.41, 5.74) is 4.41. The van der Waals surface area contributed by atoms with Crippen molar-refractivity contribution >= 4 is 10.8 Å². The van der Waals surface area contributed by atoms with Gasteiger partial charge in [-0.05, 0) is 22.6 Å². The summed E-state index contributed by atoms with van der Waals surface area (Å²) in [5, 5.41) is 6.57. The van der Waals surface area contributed by atoms with Crippen LogP contribution in [-0.2, 0) is 7.05 Å². The van der Waals surface area contributed by atoms with E-state index in [1.54, 1.807) is 4.68 Å². The third kappa shape index (κ3) is 2.17. The van der Waals surface area contributed by atoms with E-state index in [1.165, 1.54) is 21.9 Å². The Morgan fingerprint density at radius 3 is 2.50 bits per heavy atom. The number of aromatic nitrogens is 3. The molecule has 0 saturated heterocycles. The van der Waals surface area contributed by atoms with Crippen LogP contribution < -0.4 is 0 Å². The zero-order valence-electron chi connectivity index (χ0n) is 12.3. The molecule has 0 saturated carbocycles. The monoisotopic (exact) mass is 285 g/mol. The van der Waals surface area contributed by atoms with Gasteiger partial charge in [-0.2, -0.15) is 5.10 Å². The highest BCUT2D eigenvalue weighted by Crippen LogP contribution is 2.30. The van der Waals surface area contributed by atoms with Crippen molar-refractivity contribution in [3.63, 3.8) is 0 Å². The van der Waals surface area contributed by atoms with Gasteiger partial charge in [0, 0.05) is 30.4 Å². The van der Waals surface area contributed by atoms with E-state index in [0.717, 1.165) is 11.3 Å². The zero-order valence-corrected chi connectivity index (χ0v) is 12.3. The Morgan fingerprint density at radius 1 is 0.864 bits per heavy atom. The Labute approximate surface area is 128 Å². The van der Waals surface area contributed by atoms with Crippen molar-refractivity contribution < 1.29 is 0 Å². The van der Waals surface area contributed by atoms with E-state index in [9.17, 15) is 0 Å². The van der Waals surface area contributed by atoms with E-state index in [-0.39, 0.29) is 0 Å². The number of rotatable bonds is 2. The molecule has 0 fully saturated rings. The van der Waals surface area contributed by atoms with E-state index < -0.39 is 0 Å². The molecule has 106 valence electrons. The molecule has 0 bridgehead atoms. The fraction of sp³-hybridized carbons (Fsp3) is 0.0526. The van der Waals surface area contributed by atoms with Crippen molar-refractivity contribution in [3.05, 3.63) is 73.2 Å². The summed E-state index contributed by atoms with van der Waals surface area (Å²) in [4.78, 5) is 4.62.